The molecule has 1 rings (SSSR count). The van der Waals surface area contributed by atoms with Gasteiger partial charge in [0.15, 0.2) is 11.9 Å². The third kappa shape index (κ3) is 2.85. The van der Waals surface area contributed by atoms with Crippen molar-refractivity contribution in [3.8, 4) is 5.75 Å². The second-order valence-corrected chi connectivity index (χ2v) is 3.74. The Balaban J connectivity index is 3.23. The van der Waals surface area contributed by atoms with E-state index in [1.807, 2.05) is 0 Å². The zero-order valence-corrected chi connectivity index (χ0v) is 9.95. The van der Waals surface area contributed by atoms with Crippen LogP contribution in [-0.2, 0) is 4.79 Å². The van der Waals surface area contributed by atoms with Gasteiger partial charge in [0, 0.05) is 11.1 Å². The lowest BCUT2D eigenvalue weighted by molar-refractivity contribution is -0.153. The molecule has 0 saturated heterocycles. The number of aliphatic hydroxyl groups is 2. The van der Waals surface area contributed by atoms with E-state index < -0.39 is 18.2 Å². The smallest absolute Gasteiger partial charge is 0.335 e. The maximum atomic E-state index is 11.2. The van der Waals surface area contributed by atoms with Crippen molar-refractivity contribution in [2.75, 3.05) is 7.11 Å². The van der Waals surface area contributed by atoms with Crippen LogP contribution < -0.4 is 4.74 Å². The predicted molar refractivity (Wildman–Crippen MR) is 61.6 cm³/mol. The van der Waals surface area contributed by atoms with Crippen molar-refractivity contribution in [3.05, 3.63) is 29.3 Å². The Morgan fingerprint density at radius 1 is 1.28 bits per heavy atom. The average Bonchev–Trinajstić information content (AvgIpc) is 2.35. The number of carboxylic acid groups (broad SMARTS) is 1. The van der Waals surface area contributed by atoms with Gasteiger partial charge in [0.2, 0.25) is 0 Å². The van der Waals surface area contributed by atoms with Gasteiger partial charge in [-0.15, -0.1) is 0 Å². The van der Waals surface area contributed by atoms with Crippen LogP contribution in [0.1, 0.15) is 28.9 Å². The standard InChI is InChI=1S/C12H14O6/c1-6(13)7-3-4-9(18-2)8(5-7)10(14)11(15)12(16)17/h3-5,10-11,14-15H,1-2H3,(H,16,17). The first-order chi connectivity index (χ1) is 8.38. The molecule has 18 heavy (non-hydrogen) atoms. The van der Waals surface area contributed by atoms with E-state index in [0.29, 0.717) is 5.56 Å². The molecule has 98 valence electrons. The Labute approximate surface area is 103 Å². The monoisotopic (exact) mass is 254 g/mol. The van der Waals surface area contributed by atoms with Crippen molar-refractivity contribution >= 4 is 11.8 Å². The van der Waals surface area contributed by atoms with Crippen molar-refractivity contribution in [2.45, 2.75) is 19.1 Å². The first-order valence-corrected chi connectivity index (χ1v) is 5.16. The number of hydrogen-bond acceptors (Lipinski definition) is 5. The molecule has 0 bridgehead atoms. The Morgan fingerprint density at radius 3 is 2.33 bits per heavy atom. The average molecular weight is 254 g/mol. The Bertz CT molecular complexity index is 468. The fourth-order valence-electron chi connectivity index (χ4n) is 1.49. The van der Waals surface area contributed by atoms with Crippen molar-refractivity contribution < 1.29 is 29.6 Å². The van der Waals surface area contributed by atoms with Crippen molar-refractivity contribution in [1.29, 1.82) is 0 Å². The fourth-order valence-corrected chi connectivity index (χ4v) is 1.49. The number of methoxy groups -OCH3 is 1. The number of aliphatic hydroxyl groups excluding tert-OH is 2. The number of hydrogen-bond donors (Lipinski definition) is 3. The number of aliphatic carboxylic acids is 1. The molecule has 0 aromatic heterocycles. The van der Waals surface area contributed by atoms with Gasteiger partial charge in [0.1, 0.15) is 11.9 Å². The lowest BCUT2D eigenvalue weighted by Crippen LogP contribution is -2.27. The second-order valence-electron chi connectivity index (χ2n) is 3.74. The summed E-state index contributed by atoms with van der Waals surface area (Å²) in [5.41, 5.74) is 0.350. The molecule has 2 unspecified atom stereocenters. The number of ether oxygens (including phenoxy) is 1. The first kappa shape index (κ1) is 14.1. The summed E-state index contributed by atoms with van der Waals surface area (Å²) in [5.74, 6) is -1.60. The summed E-state index contributed by atoms with van der Waals surface area (Å²) in [7, 11) is 1.34. The summed E-state index contributed by atoms with van der Waals surface area (Å²) in [6.45, 7) is 1.34. The molecular formula is C12H14O6. The normalized spacial score (nSPS) is 13.8. The number of rotatable bonds is 5. The minimum atomic E-state index is -1.99. The van der Waals surface area contributed by atoms with Crippen LogP contribution in [0.25, 0.3) is 0 Å². The van der Waals surface area contributed by atoms with E-state index in [4.69, 9.17) is 9.84 Å². The predicted octanol–water partition coefficient (Wildman–Crippen LogP) is 0.377. The minimum Gasteiger partial charge on any atom is -0.496 e. The van der Waals surface area contributed by atoms with Crippen LogP contribution in [0, 0.1) is 0 Å². The summed E-state index contributed by atoms with van der Waals surface area (Å²) in [4.78, 5) is 21.8. The number of Topliss-reactive ketones (excluding diaryl/α,β-unsaturated/α-hetero) is 1. The van der Waals surface area contributed by atoms with Gasteiger partial charge in [0.05, 0.1) is 7.11 Å². The van der Waals surface area contributed by atoms with Gasteiger partial charge in [0.25, 0.3) is 0 Å². The van der Waals surface area contributed by atoms with Gasteiger partial charge < -0.3 is 20.1 Å². The SMILES string of the molecule is COc1ccc(C(C)=O)cc1C(O)C(O)C(=O)O. The van der Waals surface area contributed by atoms with E-state index in [2.05, 4.69) is 0 Å². The van der Waals surface area contributed by atoms with Crippen LogP contribution in [0.4, 0.5) is 0 Å². The van der Waals surface area contributed by atoms with Crippen molar-refractivity contribution in [2.24, 2.45) is 0 Å². The molecule has 0 fully saturated rings. The summed E-state index contributed by atoms with van der Waals surface area (Å²) >= 11 is 0. The molecule has 0 amide bonds. The molecule has 0 aliphatic rings. The summed E-state index contributed by atoms with van der Waals surface area (Å²) in [5, 5.41) is 27.7. The number of ketones is 1. The van der Waals surface area contributed by atoms with Crippen LogP contribution >= 0.6 is 0 Å². The number of carboxylic acids is 1. The topological polar surface area (TPSA) is 104 Å². The highest BCUT2D eigenvalue weighted by Gasteiger charge is 2.28. The summed E-state index contributed by atoms with van der Waals surface area (Å²) in [6.07, 6.45) is -3.65. The molecule has 1 aromatic carbocycles. The third-order valence-electron chi connectivity index (χ3n) is 2.51. The lowest BCUT2D eigenvalue weighted by atomic mass is 9.99. The van der Waals surface area contributed by atoms with Crippen LogP contribution in [0.5, 0.6) is 5.75 Å². The van der Waals surface area contributed by atoms with Crippen molar-refractivity contribution in [1.82, 2.24) is 0 Å². The lowest BCUT2D eigenvalue weighted by Gasteiger charge is -2.17. The molecule has 6 heteroatoms. The van der Waals surface area contributed by atoms with E-state index in [-0.39, 0.29) is 17.1 Å². The maximum Gasteiger partial charge on any atom is 0.335 e. The molecule has 1 aromatic rings. The largest absolute Gasteiger partial charge is 0.496 e. The fraction of sp³-hybridized carbons (Fsp3) is 0.333. The first-order valence-electron chi connectivity index (χ1n) is 5.16. The van der Waals surface area contributed by atoms with E-state index in [1.54, 1.807) is 0 Å². The van der Waals surface area contributed by atoms with E-state index in [9.17, 15) is 19.8 Å². The highest BCUT2D eigenvalue weighted by molar-refractivity contribution is 5.94. The van der Waals surface area contributed by atoms with Crippen LogP contribution in [0.2, 0.25) is 0 Å². The van der Waals surface area contributed by atoms with E-state index >= 15 is 0 Å². The van der Waals surface area contributed by atoms with Crippen LogP contribution in [0.15, 0.2) is 18.2 Å². The molecular weight excluding hydrogens is 240 g/mol. The van der Waals surface area contributed by atoms with Gasteiger partial charge in [-0.1, -0.05) is 0 Å². The zero-order valence-electron chi connectivity index (χ0n) is 9.95. The molecule has 0 aliphatic heterocycles. The third-order valence-corrected chi connectivity index (χ3v) is 2.51. The van der Waals surface area contributed by atoms with Crippen molar-refractivity contribution in [3.63, 3.8) is 0 Å². The molecule has 6 nitrogen and oxygen atoms in total. The number of benzene rings is 1. The molecule has 3 N–H and O–H groups in total. The molecule has 0 heterocycles. The van der Waals surface area contributed by atoms with Gasteiger partial charge in [-0.2, -0.15) is 0 Å². The maximum absolute atomic E-state index is 11.2. The second kappa shape index (κ2) is 5.61. The van der Waals surface area contributed by atoms with Crippen LogP contribution in [0.3, 0.4) is 0 Å². The molecule has 0 saturated carbocycles. The zero-order chi connectivity index (χ0) is 13.9. The van der Waals surface area contributed by atoms with Crippen LogP contribution in [-0.4, -0.2) is 40.3 Å². The Morgan fingerprint density at radius 2 is 1.89 bits per heavy atom. The number of carbonyl (C=O) groups is 2. The van der Waals surface area contributed by atoms with E-state index in [0.717, 1.165) is 0 Å². The minimum absolute atomic E-state index is 0.0556. The van der Waals surface area contributed by atoms with E-state index in [1.165, 1.54) is 32.2 Å². The Hall–Kier alpha value is -1.92. The Kier molecular flexibility index (Phi) is 4.41. The van der Waals surface area contributed by atoms with Gasteiger partial charge in [-0.3, -0.25) is 4.79 Å². The molecule has 2 atom stereocenters. The molecule has 0 aliphatic carbocycles. The van der Waals surface area contributed by atoms with Gasteiger partial charge >= 0.3 is 5.97 Å². The van der Waals surface area contributed by atoms with Gasteiger partial charge in [-0.05, 0) is 25.1 Å². The summed E-state index contributed by atoms with van der Waals surface area (Å²) in [6, 6.07) is 4.23. The molecule has 0 spiro atoms. The number of carbonyl (C=O) groups excluding carboxylic acids is 1. The highest BCUT2D eigenvalue weighted by atomic mass is 16.5. The highest BCUT2D eigenvalue weighted by Crippen LogP contribution is 2.28. The molecule has 0 radical (unpaired) electrons. The summed E-state index contributed by atoms with van der Waals surface area (Å²) < 4.78 is 4.96. The quantitative estimate of drug-likeness (QED) is 0.656. The van der Waals surface area contributed by atoms with Gasteiger partial charge in [-0.25, -0.2) is 4.79 Å².